The minimum atomic E-state index is -0.655. The monoisotopic (exact) mass is 360 g/mol. The van der Waals surface area contributed by atoms with Crippen LogP contribution >= 0.6 is 0 Å². The first kappa shape index (κ1) is 18.5. The maximum absolute atomic E-state index is 13.1. The van der Waals surface area contributed by atoms with Gasteiger partial charge in [0.15, 0.2) is 0 Å². The molecule has 26 heavy (non-hydrogen) atoms. The molecule has 1 heterocycles. The molecule has 140 valence electrons. The Kier molecular flexibility index (Phi) is 5.96. The van der Waals surface area contributed by atoms with E-state index < -0.39 is 6.10 Å². The second-order valence-electron chi connectivity index (χ2n) is 6.39. The number of ether oxygens (including phenoxy) is 2. The van der Waals surface area contributed by atoms with E-state index in [4.69, 9.17) is 9.47 Å². The Bertz CT molecular complexity index is 715. The van der Waals surface area contributed by atoms with Crippen molar-refractivity contribution < 1.29 is 19.0 Å². The minimum Gasteiger partial charge on any atom is -0.497 e. The normalized spacial score (nSPS) is 16.4. The Morgan fingerprint density at radius 3 is 2.31 bits per heavy atom. The molecule has 2 aromatic carbocycles. The van der Waals surface area contributed by atoms with Crippen LogP contribution in [0.1, 0.15) is 11.7 Å². The molecule has 1 fully saturated rings. The molecule has 0 aliphatic carbocycles. The van der Waals surface area contributed by atoms with Crippen LogP contribution in [0.25, 0.3) is 0 Å². The Morgan fingerprint density at radius 1 is 1.00 bits per heavy atom. The zero-order chi connectivity index (χ0) is 18.5. The lowest BCUT2D eigenvalue weighted by Crippen LogP contribution is -2.47. The second-order valence-corrected chi connectivity index (χ2v) is 6.39. The fourth-order valence-corrected chi connectivity index (χ4v) is 3.28. The largest absolute Gasteiger partial charge is 0.497 e. The maximum atomic E-state index is 13.1. The van der Waals surface area contributed by atoms with Crippen molar-refractivity contribution in [3.05, 3.63) is 53.8 Å². The average Bonchev–Trinajstić information content (AvgIpc) is 2.68. The lowest BCUT2D eigenvalue weighted by Gasteiger charge is -2.37. The SMILES string of the molecule is COc1ccc(OC)c([C@H](O)CN2CCN(c3ccc(F)cc3)CC2)c1. The van der Waals surface area contributed by atoms with Crippen LogP contribution in [0.15, 0.2) is 42.5 Å². The van der Waals surface area contributed by atoms with E-state index in [1.54, 1.807) is 26.4 Å². The van der Waals surface area contributed by atoms with Gasteiger partial charge in [-0.2, -0.15) is 0 Å². The molecule has 1 aliphatic heterocycles. The number of hydrogen-bond acceptors (Lipinski definition) is 5. The number of aliphatic hydroxyl groups excluding tert-OH is 1. The number of piperazine rings is 1. The number of halogens is 1. The Morgan fingerprint density at radius 2 is 1.69 bits per heavy atom. The van der Waals surface area contributed by atoms with E-state index >= 15 is 0 Å². The number of aliphatic hydroxyl groups is 1. The third-order valence-corrected chi connectivity index (χ3v) is 4.79. The highest BCUT2D eigenvalue weighted by Gasteiger charge is 2.22. The fourth-order valence-electron chi connectivity index (χ4n) is 3.28. The molecule has 6 heteroatoms. The number of β-amino-alcohol motifs (C(OH)–C–C–N with tert-alkyl or cyclic N) is 1. The van der Waals surface area contributed by atoms with Crippen LogP contribution in [-0.4, -0.2) is 56.9 Å². The minimum absolute atomic E-state index is 0.220. The highest BCUT2D eigenvalue weighted by Crippen LogP contribution is 2.30. The molecule has 0 saturated carbocycles. The molecule has 1 N–H and O–H groups in total. The molecule has 0 amide bonds. The van der Waals surface area contributed by atoms with Crippen molar-refractivity contribution in [1.29, 1.82) is 0 Å². The van der Waals surface area contributed by atoms with E-state index in [2.05, 4.69) is 9.80 Å². The van der Waals surface area contributed by atoms with E-state index in [0.717, 1.165) is 37.4 Å². The summed E-state index contributed by atoms with van der Waals surface area (Å²) in [5.74, 6) is 1.13. The van der Waals surface area contributed by atoms with E-state index in [-0.39, 0.29) is 5.82 Å². The average molecular weight is 360 g/mol. The number of anilines is 1. The molecule has 0 radical (unpaired) electrons. The van der Waals surface area contributed by atoms with Gasteiger partial charge in [0, 0.05) is 44.0 Å². The summed E-state index contributed by atoms with van der Waals surface area (Å²) in [5, 5.41) is 10.7. The lowest BCUT2D eigenvalue weighted by molar-refractivity contribution is 0.107. The van der Waals surface area contributed by atoms with Crippen LogP contribution in [0.3, 0.4) is 0 Å². The van der Waals surface area contributed by atoms with E-state index in [1.807, 2.05) is 18.2 Å². The van der Waals surface area contributed by atoms with Crippen LogP contribution < -0.4 is 14.4 Å². The summed E-state index contributed by atoms with van der Waals surface area (Å²) in [7, 11) is 3.20. The van der Waals surface area contributed by atoms with Crippen LogP contribution in [-0.2, 0) is 0 Å². The summed E-state index contributed by atoms with van der Waals surface area (Å²) in [4.78, 5) is 4.46. The van der Waals surface area contributed by atoms with Gasteiger partial charge in [0.2, 0.25) is 0 Å². The van der Waals surface area contributed by atoms with Crippen LogP contribution in [0.4, 0.5) is 10.1 Å². The predicted molar refractivity (Wildman–Crippen MR) is 99.6 cm³/mol. The van der Waals surface area contributed by atoms with E-state index in [0.29, 0.717) is 18.0 Å². The Labute approximate surface area is 153 Å². The molecule has 1 saturated heterocycles. The first-order chi connectivity index (χ1) is 12.6. The summed E-state index contributed by atoms with van der Waals surface area (Å²) in [6.45, 7) is 3.88. The summed E-state index contributed by atoms with van der Waals surface area (Å²) in [5.41, 5.74) is 1.76. The molecule has 3 rings (SSSR count). The molecule has 0 bridgehead atoms. The molecular weight excluding hydrogens is 335 g/mol. The molecule has 5 nitrogen and oxygen atoms in total. The number of rotatable bonds is 6. The topological polar surface area (TPSA) is 45.2 Å². The van der Waals surface area contributed by atoms with Crippen molar-refractivity contribution in [1.82, 2.24) is 4.90 Å². The molecule has 0 aromatic heterocycles. The zero-order valence-corrected chi connectivity index (χ0v) is 15.2. The molecule has 0 spiro atoms. The van der Waals surface area contributed by atoms with Crippen molar-refractivity contribution in [3.63, 3.8) is 0 Å². The van der Waals surface area contributed by atoms with Gasteiger partial charge in [-0.15, -0.1) is 0 Å². The van der Waals surface area contributed by atoms with Gasteiger partial charge < -0.3 is 19.5 Å². The maximum Gasteiger partial charge on any atom is 0.124 e. The van der Waals surface area contributed by atoms with Crippen LogP contribution in [0.2, 0.25) is 0 Å². The van der Waals surface area contributed by atoms with Gasteiger partial charge in [0.25, 0.3) is 0 Å². The van der Waals surface area contributed by atoms with Gasteiger partial charge in [0.1, 0.15) is 17.3 Å². The molecular formula is C20H25FN2O3. The second kappa shape index (κ2) is 8.38. The van der Waals surface area contributed by atoms with Crippen molar-refractivity contribution in [2.24, 2.45) is 0 Å². The van der Waals surface area contributed by atoms with Crippen molar-refractivity contribution in [2.45, 2.75) is 6.10 Å². The highest BCUT2D eigenvalue weighted by molar-refractivity contribution is 5.46. The van der Waals surface area contributed by atoms with Gasteiger partial charge in [0.05, 0.1) is 20.3 Å². The lowest BCUT2D eigenvalue weighted by atomic mass is 10.1. The first-order valence-corrected chi connectivity index (χ1v) is 8.73. The summed E-state index contributed by atoms with van der Waals surface area (Å²) < 4.78 is 23.7. The number of hydrogen-bond donors (Lipinski definition) is 1. The quantitative estimate of drug-likeness (QED) is 0.858. The molecule has 1 aliphatic rings. The van der Waals surface area contributed by atoms with Crippen LogP contribution in [0, 0.1) is 5.82 Å². The van der Waals surface area contributed by atoms with Crippen molar-refractivity contribution >= 4 is 5.69 Å². The third kappa shape index (κ3) is 4.26. The third-order valence-electron chi connectivity index (χ3n) is 4.79. The van der Waals surface area contributed by atoms with E-state index in [9.17, 15) is 9.50 Å². The van der Waals surface area contributed by atoms with Gasteiger partial charge >= 0.3 is 0 Å². The molecule has 0 unspecified atom stereocenters. The molecule has 1 atom stereocenters. The van der Waals surface area contributed by atoms with Crippen LogP contribution in [0.5, 0.6) is 11.5 Å². The van der Waals surface area contributed by atoms with E-state index in [1.165, 1.54) is 12.1 Å². The Hall–Kier alpha value is -2.31. The van der Waals surface area contributed by atoms with Gasteiger partial charge in [-0.05, 0) is 42.5 Å². The smallest absolute Gasteiger partial charge is 0.124 e. The number of benzene rings is 2. The van der Waals surface area contributed by atoms with Crippen molar-refractivity contribution in [2.75, 3.05) is 51.8 Å². The molecule has 2 aromatic rings. The predicted octanol–water partition coefficient (Wildman–Crippen LogP) is 2.70. The van der Waals surface area contributed by atoms with Gasteiger partial charge in [-0.1, -0.05) is 0 Å². The summed E-state index contributed by atoms with van der Waals surface area (Å²) >= 11 is 0. The summed E-state index contributed by atoms with van der Waals surface area (Å²) in [6, 6.07) is 12.0. The first-order valence-electron chi connectivity index (χ1n) is 8.73. The van der Waals surface area contributed by atoms with Crippen molar-refractivity contribution in [3.8, 4) is 11.5 Å². The fraction of sp³-hybridized carbons (Fsp3) is 0.400. The number of methoxy groups -OCH3 is 2. The zero-order valence-electron chi connectivity index (χ0n) is 15.2. The summed E-state index contributed by atoms with van der Waals surface area (Å²) in [6.07, 6.45) is -0.655. The van der Waals surface area contributed by atoms with Gasteiger partial charge in [-0.25, -0.2) is 4.39 Å². The highest BCUT2D eigenvalue weighted by atomic mass is 19.1. The number of nitrogens with zero attached hydrogens (tertiary/aromatic N) is 2. The standard InChI is InChI=1S/C20H25FN2O3/c1-25-17-7-8-20(26-2)18(13-17)19(24)14-22-9-11-23(12-10-22)16-5-3-15(21)4-6-16/h3-8,13,19,24H,9-12,14H2,1-2H3/t19-/m1/s1. The Balaban J connectivity index is 1.60. The van der Waals surface area contributed by atoms with Gasteiger partial charge in [-0.3, -0.25) is 4.90 Å².